The Bertz CT molecular complexity index is 946. The molecule has 0 saturated heterocycles. The van der Waals surface area contributed by atoms with Crippen LogP contribution in [0.5, 0.6) is 11.5 Å². The van der Waals surface area contributed by atoms with Crippen LogP contribution in [-0.4, -0.2) is 25.3 Å². The summed E-state index contributed by atoms with van der Waals surface area (Å²) in [4.78, 5) is 12.8. The third-order valence-electron chi connectivity index (χ3n) is 4.05. The fourth-order valence-electron chi connectivity index (χ4n) is 2.69. The van der Waals surface area contributed by atoms with Gasteiger partial charge in [0.25, 0.3) is 5.91 Å². The highest BCUT2D eigenvalue weighted by Gasteiger charge is 2.22. The van der Waals surface area contributed by atoms with Gasteiger partial charge < -0.3 is 19.3 Å². The lowest BCUT2D eigenvalue weighted by Gasteiger charge is -2.09. The molecule has 0 saturated carbocycles. The molecule has 0 aliphatic carbocycles. The molecule has 1 aromatic heterocycles. The van der Waals surface area contributed by atoms with E-state index in [0.29, 0.717) is 45.6 Å². The van der Waals surface area contributed by atoms with E-state index >= 15 is 0 Å². The van der Waals surface area contributed by atoms with E-state index in [4.69, 9.17) is 25.6 Å². The number of methoxy groups -OCH3 is 2. The van der Waals surface area contributed by atoms with Crippen molar-refractivity contribution in [1.29, 1.82) is 0 Å². The van der Waals surface area contributed by atoms with E-state index in [2.05, 4.69) is 10.5 Å². The van der Waals surface area contributed by atoms with Gasteiger partial charge in [-0.05, 0) is 36.8 Å². The van der Waals surface area contributed by atoms with Crippen LogP contribution in [0.15, 0.2) is 47.0 Å². The second kappa shape index (κ2) is 8.14. The van der Waals surface area contributed by atoms with Crippen molar-refractivity contribution in [1.82, 2.24) is 10.5 Å². The van der Waals surface area contributed by atoms with Crippen molar-refractivity contribution in [2.75, 3.05) is 14.2 Å². The Labute approximate surface area is 162 Å². The fourth-order valence-corrected chi connectivity index (χ4v) is 2.90. The summed E-state index contributed by atoms with van der Waals surface area (Å²) < 4.78 is 16.0. The van der Waals surface area contributed by atoms with Gasteiger partial charge in [0.2, 0.25) is 0 Å². The molecule has 0 bridgehead atoms. The first-order valence-electron chi connectivity index (χ1n) is 8.24. The minimum atomic E-state index is -0.287. The largest absolute Gasteiger partial charge is 0.497 e. The average molecular weight is 387 g/mol. The molecule has 2 aromatic carbocycles. The van der Waals surface area contributed by atoms with Gasteiger partial charge in [0, 0.05) is 23.2 Å². The Hall–Kier alpha value is -2.99. The number of nitrogens with zero attached hydrogens (tertiary/aromatic N) is 1. The van der Waals surface area contributed by atoms with Gasteiger partial charge in [-0.3, -0.25) is 4.79 Å². The number of hydrogen-bond donors (Lipinski definition) is 1. The summed E-state index contributed by atoms with van der Waals surface area (Å²) >= 11 is 5.99. The fraction of sp³-hybridized carbons (Fsp3) is 0.200. The number of amides is 1. The molecule has 0 aliphatic heterocycles. The van der Waals surface area contributed by atoms with Crippen LogP contribution in [0.25, 0.3) is 11.3 Å². The van der Waals surface area contributed by atoms with E-state index < -0.39 is 0 Å². The van der Waals surface area contributed by atoms with Gasteiger partial charge in [-0.1, -0.05) is 28.9 Å². The molecule has 0 unspecified atom stereocenters. The smallest absolute Gasteiger partial charge is 0.257 e. The molecule has 1 heterocycles. The standard InChI is InChI=1S/C20H19ClN2O4/c1-12-18(20(24)22-11-13-5-4-6-15(21)7-13)19(27-23-12)14-8-16(25-2)10-17(9-14)26-3/h4-10H,11H2,1-3H3,(H,22,24). The van der Waals surface area contributed by atoms with Gasteiger partial charge in [0.1, 0.15) is 17.1 Å². The van der Waals surface area contributed by atoms with Gasteiger partial charge in [-0.25, -0.2) is 0 Å². The predicted molar refractivity (Wildman–Crippen MR) is 102 cm³/mol. The minimum absolute atomic E-state index is 0.287. The number of ether oxygens (including phenoxy) is 2. The summed E-state index contributed by atoms with van der Waals surface area (Å²) in [5, 5.41) is 7.45. The molecular formula is C20H19ClN2O4. The summed E-state index contributed by atoms with van der Waals surface area (Å²) in [7, 11) is 3.12. The van der Waals surface area contributed by atoms with Crippen LogP contribution in [0.1, 0.15) is 21.6 Å². The van der Waals surface area contributed by atoms with Crippen molar-refractivity contribution < 1.29 is 18.8 Å². The Morgan fingerprint density at radius 3 is 2.48 bits per heavy atom. The average Bonchev–Trinajstić information content (AvgIpc) is 3.07. The van der Waals surface area contributed by atoms with Gasteiger partial charge in [-0.2, -0.15) is 0 Å². The first-order valence-corrected chi connectivity index (χ1v) is 8.62. The zero-order valence-corrected chi connectivity index (χ0v) is 16.0. The lowest BCUT2D eigenvalue weighted by molar-refractivity contribution is 0.0950. The molecule has 6 nitrogen and oxygen atoms in total. The maximum atomic E-state index is 12.8. The zero-order valence-electron chi connectivity index (χ0n) is 15.2. The molecule has 0 atom stereocenters. The molecule has 140 valence electrons. The molecule has 3 aromatic rings. The monoisotopic (exact) mass is 386 g/mol. The summed E-state index contributed by atoms with van der Waals surface area (Å²) in [6, 6.07) is 12.6. The summed E-state index contributed by atoms with van der Waals surface area (Å²) in [6.45, 7) is 2.06. The van der Waals surface area contributed by atoms with Crippen LogP contribution in [0, 0.1) is 6.92 Å². The molecule has 27 heavy (non-hydrogen) atoms. The summed E-state index contributed by atoms with van der Waals surface area (Å²) in [5.41, 5.74) is 2.40. The van der Waals surface area contributed by atoms with Crippen LogP contribution in [0.4, 0.5) is 0 Å². The molecule has 7 heteroatoms. The van der Waals surface area contributed by atoms with E-state index in [1.807, 2.05) is 12.1 Å². The Balaban J connectivity index is 1.89. The lowest BCUT2D eigenvalue weighted by Crippen LogP contribution is -2.23. The molecule has 1 N–H and O–H groups in total. The molecule has 0 radical (unpaired) electrons. The number of carbonyl (C=O) groups excluding carboxylic acids is 1. The number of hydrogen-bond acceptors (Lipinski definition) is 5. The van der Waals surface area contributed by atoms with Crippen LogP contribution in [0.3, 0.4) is 0 Å². The highest BCUT2D eigenvalue weighted by atomic mass is 35.5. The van der Waals surface area contributed by atoms with Crippen molar-refractivity contribution in [2.45, 2.75) is 13.5 Å². The highest BCUT2D eigenvalue weighted by Crippen LogP contribution is 2.33. The van der Waals surface area contributed by atoms with Crippen molar-refractivity contribution in [3.8, 4) is 22.8 Å². The Kier molecular flexibility index (Phi) is 5.66. The van der Waals surface area contributed by atoms with Crippen molar-refractivity contribution in [3.63, 3.8) is 0 Å². The lowest BCUT2D eigenvalue weighted by atomic mass is 10.1. The number of rotatable bonds is 6. The number of halogens is 1. The van der Waals surface area contributed by atoms with Crippen LogP contribution in [-0.2, 0) is 6.54 Å². The molecule has 0 spiro atoms. The van der Waals surface area contributed by atoms with Crippen molar-refractivity contribution in [2.24, 2.45) is 0 Å². The van der Waals surface area contributed by atoms with Crippen LogP contribution < -0.4 is 14.8 Å². The number of benzene rings is 2. The topological polar surface area (TPSA) is 73.6 Å². The third-order valence-corrected chi connectivity index (χ3v) is 4.28. The highest BCUT2D eigenvalue weighted by molar-refractivity contribution is 6.30. The molecule has 0 aliphatic rings. The number of nitrogens with one attached hydrogen (secondary N) is 1. The van der Waals surface area contributed by atoms with E-state index in [-0.39, 0.29) is 5.91 Å². The second-order valence-corrected chi connectivity index (χ2v) is 6.32. The minimum Gasteiger partial charge on any atom is -0.497 e. The van der Waals surface area contributed by atoms with Gasteiger partial charge >= 0.3 is 0 Å². The first kappa shape index (κ1) is 18.8. The predicted octanol–water partition coefficient (Wildman–Crippen LogP) is 4.25. The van der Waals surface area contributed by atoms with Crippen molar-refractivity contribution >= 4 is 17.5 Å². The maximum Gasteiger partial charge on any atom is 0.257 e. The maximum absolute atomic E-state index is 12.8. The Morgan fingerprint density at radius 2 is 1.85 bits per heavy atom. The second-order valence-electron chi connectivity index (χ2n) is 5.89. The zero-order chi connectivity index (χ0) is 19.4. The summed E-state index contributed by atoms with van der Waals surface area (Å²) in [6.07, 6.45) is 0. The van der Waals surface area contributed by atoms with E-state index in [1.165, 1.54) is 0 Å². The number of carbonyl (C=O) groups is 1. The van der Waals surface area contributed by atoms with E-state index in [1.54, 1.807) is 51.5 Å². The SMILES string of the molecule is COc1cc(OC)cc(-c2onc(C)c2C(=O)NCc2cccc(Cl)c2)c1. The number of aryl methyl sites for hydroxylation is 1. The third kappa shape index (κ3) is 4.23. The summed E-state index contributed by atoms with van der Waals surface area (Å²) in [5.74, 6) is 1.24. The molecule has 0 fully saturated rings. The normalized spacial score (nSPS) is 10.5. The van der Waals surface area contributed by atoms with E-state index in [0.717, 1.165) is 5.56 Å². The Morgan fingerprint density at radius 1 is 1.15 bits per heavy atom. The molecule has 3 rings (SSSR count). The van der Waals surface area contributed by atoms with Gasteiger partial charge in [-0.15, -0.1) is 0 Å². The molecular weight excluding hydrogens is 368 g/mol. The van der Waals surface area contributed by atoms with Crippen LogP contribution in [0.2, 0.25) is 5.02 Å². The number of aromatic nitrogens is 1. The molecule has 1 amide bonds. The quantitative estimate of drug-likeness (QED) is 0.685. The van der Waals surface area contributed by atoms with Crippen molar-refractivity contribution in [3.05, 3.63) is 64.3 Å². The first-order chi connectivity index (χ1) is 13.0. The van der Waals surface area contributed by atoms with Gasteiger partial charge in [0.15, 0.2) is 5.76 Å². The van der Waals surface area contributed by atoms with Crippen LogP contribution >= 0.6 is 11.6 Å². The van der Waals surface area contributed by atoms with E-state index in [9.17, 15) is 4.79 Å². The van der Waals surface area contributed by atoms with Gasteiger partial charge in [0.05, 0.1) is 19.9 Å².